The monoisotopic (exact) mass is 825 g/mol. The molecule has 6 aliphatic rings. The molecule has 1 saturated heterocycles. The molecule has 14 nitrogen and oxygen atoms in total. The van der Waals surface area contributed by atoms with Gasteiger partial charge in [0.1, 0.15) is 24.3 Å². The van der Waals surface area contributed by atoms with E-state index in [2.05, 4.69) is 37.9 Å². The fourth-order valence-electron chi connectivity index (χ4n) is 9.85. The average Bonchev–Trinajstić information content (AvgIpc) is 3.51. The molecule has 16 atom stereocenters. The Bertz CT molecular complexity index is 1660. The Morgan fingerprint density at radius 1 is 1.03 bits per heavy atom. The first-order valence-corrected chi connectivity index (χ1v) is 21.8. The number of ether oxygens (including phenoxy) is 5. The van der Waals surface area contributed by atoms with E-state index in [9.17, 15) is 29.4 Å². The molecule has 12 unspecified atom stereocenters. The number of esters is 1. The molecule has 0 spiro atoms. The number of aliphatic imine (C=N–C) groups is 1. The van der Waals surface area contributed by atoms with Crippen LogP contribution in [0.1, 0.15) is 93.4 Å². The molecule has 0 radical (unpaired) electrons. The van der Waals surface area contributed by atoms with Crippen molar-refractivity contribution in [3.05, 3.63) is 36.1 Å². The number of likely N-dealkylation sites (N-methyl/N-ethyl adjacent to an activating group) is 1. The van der Waals surface area contributed by atoms with Gasteiger partial charge < -0.3 is 44.1 Å². The van der Waals surface area contributed by atoms with Gasteiger partial charge in [-0.1, -0.05) is 45.4 Å². The molecule has 4 bridgehead atoms. The van der Waals surface area contributed by atoms with E-state index in [1.165, 1.54) is 13.2 Å². The number of Topliss-reactive ketones (excluding diaryl/α,β-unsaturated/α-hetero) is 2. The predicted molar refractivity (Wildman–Crippen MR) is 219 cm³/mol. The van der Waals surface area contributed by atoms with E-state index in [4.69, 9.17) is 28.7 Å². The molecule has 6 rings (SSSR count). The minimum Gasteiger partial charge on any atom is -0.465 e. The lowest BCUT2D eigenvalue weighted by atomic mass is 9.56. The normalized spacial score (nSPS) is 42.7. The van der Waals surface area contributed by atoms with E-state index in [0.29, 0.717) is 56.2 Å². The fraction of sp³-hybridized carbons (Fsp3) is 0.756. The SMILES string of the molecule is CC(=O)O[C@@H]1CC/C=C/O[C@H]2OC3C(C)C(O)C4C(=O)C(NC(=O)/C(C)=C\C=C\[C@H](C)CCC[C@H]1C)C1OC5CC(OCCN(C)C(C)C)CC(O)C5N=C1C4C3C2=O. The highest BCUT2D eigenvalue weighted by atomic mass is 16.7. The largest absolute Gasteiger partial charge is 0.465 e. The number of aliphatic hydroxyl groups excluding tert-OH is 2. The van der Waals surface area contributed by atoms with Crippen molar-refractivity contribution in [2.45, 2.75) is 161 Å². The number of carbonyl (C=O) groups excluding carboxylic acids is 4. The van der Waals surface area contributed by atoms with Crippen LogP contribution in [0.4, 0.5) is 0 Å². The Morgan fingerprint density at radius 3 is 2.53 bits per heavy atom. The van der Waals surface area contributed by atoms with E-state index in [-0.39, 0.29) is 35.8 Å². The van der Waals surface area contributed by atoms with Crippen LogP contribution < -0.4 is 5.32 Å². The van der Waals surface area contributed by atoms with Crippen molar-refractivity contribution in [2.75, 3.05) is 20.2 Å². The molecule has 0 aromatic carbocycles. The van der Waals surface area contributed by atoms with E-state index in [1.54, 1.807) is 26.0 Å². The molecule has 3 N–H and O–H groups in total. The second-order valence-corrected chi connectivity index (χ2v) is 18.2. The number of amides is 1. The Balaban J connectivity index is 1.33. The molecule has 1 amide bonds. The van der Waals surface area contributed by atoms with Crippen LogP contribution in [-0.4, -0.2) is 132 Å². The summed E-state index contributed by atoms with van der Waals surface area (Å²) in [6.07, 6.45) is 6.82. The van der Waals surface area contributed by atoms with Crippen molar-refractivity contribution < 1.29 is 53.1 Å². The summed E-state index contributed by atoms with van der Waals surface area (Å²) in [5.74, 6) is -4.83. The number of ketones is 2. The molecular weight excluding hydrogens is 759 g/mol. The van der Waals surface area contributed by atoms with Crippen LogP contribution in [0.25, 0.3) is 0 Å². The fourth-order valence-corrected chi connectivity index (χ4v) is 9.85. The summed E-state index contributed by atoms with van der Waals surface area (Å²) in [6, 6.07) is -1.56. The summed E-state index contributed by atoms with van der Waals surface area (Å²) in [4.78, 5) is 62.3. The molecule has 0 aromatic rings. The second kappa shape index (κ2) is 19.6. The van der Waals surface area contributed by atoms with Gasteiger partial charge in [0, 0.05) is 55.5 Å². The maximum absolute atomic E-state index is 14.8. The maximum atomic E-state index is 14.8. The van der Waals surface area contributed by atoms with Crippen LogP contribution in [0.2, 0.25) is 0 Å². The van der Waals surface area contributed by atoms with Crippen LogP contribution in [-0.2, 0) is 42.9 Å². The number of nitrogens with zero attached hydrogens (tertiary/aromatic N) is 2. The molecular formula is C45H67N3O11. The molecule has 3 aliphatic heterocycles. The van der Waals surface area contributed by atoms with Crippen LogP contribution in [0, 0.1) is 35.5 Å². The van der Waals surface area contributed by atoms with Gasteiger partial charge in [-0.3, -0.25) is 24.2 Å². The third-order valence-corrected chi connectivity index (χ3v) is 13.7. The van der Waals surface area contributed by atoms with Crippen molar-refractivity contribution >= 4 is 29.2 Å². The van der Waals surface area contributed by atoms with Crippen LogP contribution in [0.15, 0.2) is 41.1 Å². The lowest BCUT2D eigenvalue weighted by Gasteiger charge is -2.53. The van der Waals surface area contributed by atoms with Crippen molar-refractivity contribution in [3.8, 4) is 0 Å². The van der Waals surface area contributed by atoms with Crippen LogP contribution in [0.5, 0.6) is 0 Å². The minimum atomic E-state index is -1.29. The summed E-state index contributed by atoms with van der Waals surface area (Å²) in [7, 11) is 2.03. The molecule has 3 saturated carbocycles. The number of nitrogens with one attached hydrogen (secondary N) is 1. The highest BCUT2D eigenvalue weighted by molar-refractivity contribution is 6.10. The van der Waals surface area contributed by atoms with Crippen molar-refractivity contribution in [1.29, 1.82) is 0 Å². The zero-order chi connectivity index (χ0) is 42.7. The number of carbonyl (C=O) groups is 4. The van der Waals surface area contributed by atoms with Crippen LogP contribution >= 0.6 is 0 Å². The van der Waals surface area contributed by atoms with E-state index >= 15 is 0 Å². The quantitative estimate of drug-likeness (QED) is 0.330. The zero-order valence-corrected chi connectivity index (χ0v) is 36.0. The van der Waals surface area contributed by atoms with E-state index in [0.717, 1.165) is 19.3 Å². The van der Waals surface area contributed by atoms with Crippen molar-refractivity contribution in [3.63, 3.8) is 0 Å². The van der Waals surface area contributed by atoms with E-state index < -0.39 is 84.3 Å². The van der Waals surface area contributed by atoms with Gasteiger partial charge in [-0.05, 0) is 71.4 Å². The van der Waals surface area contributed by atoms with Crippen molar-refractivity contribution in [1.82, 2.24) is 10.2 Å². The standard InChI is InChI=1S/C45H67N3O11/c1-23(2)48(8)18-20-55-29-21-30(50)36-32(22-29)58-43-37(46-36)33-34-39(51)27(6)42-35(33)41(53)45(59-42)56-19-10-9-17-31(57-28(7)49)25(4)15-11-13-24(3)14-12-16-26(5)44(54)47-38(43)40(34)52/h10,12,14,16,19,23-25,27,29-36,38-39,42-43,45,50-51H,9,11,13,15,17-18,20-22H2,1-8H3,(H,47,54)/b14-12+,19-10+,26-16-/t24-,25-,27?,29?,30?,31-,32?,33?,34?,35?,36?,38?,39?,42?,43?,45+/m1/s1. The zero-order valence-electron chi connectivity index (χ0n) is 36.0. The van der Waals surface area contributed by atoms with Crippen molar-refractivity contribution in [2.24, 2.45) is 40.5 Å². The molecule has 3 heterocycles. The smallest absolute Gasteiger partial charge is 0.302 e. The summed E-state index contributed by atoms with van der Waals surface area (Å²) in [5, 5.41) is 26.4. The number of hydrogen-bond acceptors (Lipinski definition) is 13. The van der Waals surface area contributed by atoms with Gasteiger partial charge in [0.2, 0.25) is 11.7 Å². The maximum Gasteiger partial charge on any atom is 0.302 e. The summed E-state index contributed by atoms with van der Waals surface area (Å²) >= 11 is 0. The van der Waals surface area contributed by atoms with Crippen LogP contribution in [0.3, 0.4) is 0 Å². The van der Waals surface area contributed by atoms with Gasteiger partial charge in [-0.15, -0.1) is 0 Å². The Kier molecular flexibility index (Phi) is 15.1. The number of rotatable bonds is 6. The first kappa shape index (κ1) is 45.3. The second-order valence-electron chi connectivity index (χ2n) is 18.2. The predicted octanol–water partition coefficient (Wildman–Crippen LogP) is 3.87. The lowest BCUT2D eigenvalue weighted by Crippen LogP contribution is -2.71. The van der Waals surface area contributed by atoms with Gasteiger partial charge in [0.25, 0.3) is 6.29 Å². The lowest BCUT2D eigenvalue weighted by molar-refractivity contribution is -0.168. The first-order valence-electron chi connectivity index (χ1n) is 21.8. The topological polar surface area (TPSA) is 183 Å². The van der Waals surface area contributed by atoms with Gasteiger partial charge in [0.05, 0.1) is 55.2 Å². The molecule has 0 aromatic heterocycles. The highest BCUT2D eigenvalue weighted by Gasteiger charge is 2.66. The Morgan fingerprint density at radius 2 is 1.80 bits per heavy atom. The molecule has 328 valence electrons. The van der Waals surface area contributed by atoms with Gasteiger partial charge in [0.15, 0.2) is 5.78 Å². The Labute approximate surface area is 349 Å². The average molecular weight is 826 g/mol. The summed E-state index contributed by atoms with van der Waals surface area (Å²) in [6.45, 7) is 14.4. The third kappa shape index (κ3) is 10.1. The van der Waals surface area contributed by atoms with E-state index in [1.807, 2.05) is 19.2 Å². The van der Waals surface area contributed by atoms with Gasteiger partial charge in [-0.25, -0.2) is 0 Å². The third-order valence-electron chi connectivity index (χ3n) is 13.7. The first-order chi connectivity index (χ1) is 28.1. The molecule has 14 heteroatoms. The summed E-state index contributed by atoms with van der Waals surface area (Å²) < 4.78 is 30.9. The van der Waals surface area contributed by atoms with Gasteiger partial charge in [-0.2, -0.15) is 0 Å². The number of hydrogen-bond donors (Lipinski definition) is 3. The highest BCUT2D eigenvalue weighted by Crippen LogP contribution is 2.51. The minimum absolute atomic E-state index is 0.125. The van der Waals surface area contributed by atoms with Gasteiger partial charge >= 0.3 is 5.97 Å². The molecule has 59 heavy (non-hydrogen) atoms. The molecule has 4 fully saturated rings. The number of aliphatic hydroxyl groups is 2. The Hall–Kier alpha value is -3.27. The number of allylic oxidation sites excluding steroid dienone is 4. The molecule has 3 aliphatic carbocycles. The number of fused-ring (bicyclic) bond motifs is 2. The summed E-state index contributed by atoms with van der Waals surface area (Å²) in [5.41, 5.74) is 0.739.